The van der Waals surface area contributed by atoms with E-state index in [1.807, 2.05) is 26.0 Å². The van der Waals surface area contributed by atoms with Gasteiger partial charge in [-0.05, 0) is 25.5 Å². The fourth-order valence-electron chi connectivity index (χ4n) is 2.41. The summed E-state index contributed by atoms with van der Waals surface area (Å²) in [5, 5.41) is 21.3. The number of aryl methyl sites for hydroxylation is 2. The van der Waals surface area contributed by atoms with Gasteiger partial charge in [0.15, 0.2) is 0 Å². The maximum Gasteiger partial charge on any atom is 0.326 e. The van der Waals surface area contributed by atoms with Gasteiger partial charge in [-0.1, -0.05) is 17.7 Å². The van der Waals surface area contributed by atoms with Crippen molar-refractivity contribution in [2.45, 2.75) is 32.4 Å². The van der Waals surface area contributed by atoms with Crippen molar-refractivity contribution in [2.75, 3.05) is 11.9 Å². The summed E-state index contributed by atoms with van der Waals surface area (Å²) < 4.78 is 0. The lowest BCUT2D eigenvalue weighted by molar-refractivity contribution is -0.141. The molecule has 2 rings (SSSR count). The topological polar surface area (TPSA) is 89.9 Å². The summed E-state index contributed by atoms with van der Waals surface area (Å²) in [6.07, 6.45) is -0.726. The van der Waals surface area contributed by atoms with Crippen LogP contribution in [0.2, 0.25) is 0 Å². The van der Waals surface area contributed by atoms with Crippen molar-refractivity contribution in [3.8, 4) is 0 Å². The van der Waals surface area contributed by atoms with Gasteiger partial charge in [0.2, 0.25) is 0 Å². The number of benzene rings is 1. The smallest absolute Gasteiger partial charge is 0.326 e. The molecule has 1 heterocycles. The first-order valence-corrected chi connectivity index (χ1v) is 6.44. The fraction of sp³-hybridized carbons (Fsp3) is 0.429. The summed E-state index contributed by atoms with van der Waals surface area (Å²) in [5.74, 6) is -1.10. The number of anilines is 1. The van der Waals surface area contributed by atoms with Crippen molar-refractivity contribution in [1.29, 1.82) is 0 Å². The minimum absolute atomic E-state index is 0.0354. The first kappa shape index (κ1) is 14.3. The van der Waals surface area contributed by atoms with Crippen molar-refractivity contribution in [3.63, 3.8) is 0 Å². The third kappa shape index (κ3) is 2.91. The number of likely N-dealkylation sites (tertiary alicyclic amines) is 1. The van der Waals surface area contributed by atoms with Gasteiger partial charge in [-0.3, -0.25) is 0 Å². The maximum absolute atomic E-state index is 12.2. The molecule has 0 spiro atoms. The molecule has 0 aliphatic carbocycles. The normalized spacial score (nSPS) is 21.9. The molecule has 1 aromatic rings. The molecule has 1 fully saturated rings. The van der Waals surface area contributed by atoms with Gasteiger partial charge in [0.25, 0.3) is 0 Å². The summed E-state index contributed by atoms with van der Waals surface area (Å²) in [5.41, 5.74) is 2.64. The zero-order chi connectivity index (χ0) is 14.9. The standard InChI is InChI=1S/C14H18N2O4/c1-8-3-4-11(9(2)5-8)15-14(20)16-7-10(17)6-12(16)13(18)19/h3-5,10,12,17H,6-7H2,1-2H3,(H,15,20)(H,18,19)/t10-,12-/m1/s1. The number of nitrogens with one attached hydrogen (secondary N) is 1. The van der Waals surface area contributed by atoms with Gasteiger partial charge in [0, 0.05) is 18.7 Å². The highest BCUT2D eigenvalue weighted by Gasteiger charge is 2.39. The van der Waals surface area contributed by atoms with Crippen molar-refractivity contribution in [2.24, 2.45) is 0 Å². The Morgan fingerprint density at radius 3 is 2.65 bits per heavy atom. The van der Waals surface area contributed by atoms with Crippen LogP contribution in [0.5, 0.6) is 0 Å². The molecular formula is C14H18N2O4. The lowest BCUT2D eigenvalue weighted by atomic mass is 10.1. The number of β-amino-alcohol motifs (C(OH)–C–C–N with tert-alkyl or cyclic N) is 1. The van der Waals surface area contributed by atoms with E-state index in [1.54, 1.807) is 6.07 Å². The molecule has 1 aliphatic rings. The maximum atomic E-state index is 12.2. The van der Waals surface area contributed by atoms with Crippen molar-refractivity contribution in [3.05, 3.63) is 29.3 Å². The molecule has 1 aliphatic heterocycles. The Labute approximate surface area is 117 Å². The number of nitrogens with zero attached hydrogens (tertiary/aromatic N) is 1. The molecule has 0 aromatic heterocycles. The number of rotatable bonds is 2. The minimum atomic E-state index is -1.10. The molecule has 0 bridgehead atoms. The van der Waals surface area contributed by atoms with Gasteiger partial charge >= 0.3 is 12.0 Å². The van der Waals surface area contributed by atoms with E-state index in [4.69, 9.17) is 5.11 Å². The van der Waals surface area contributed by atoms with E-state index < -0.39 is 24.1 Å². The van der Waals surface area contributed by atoms with Crippen LogP contribution in [0.1, 0.15) is 17.5 Å². The number of carboxylic acids is 1. The lowest BCUT2D eigenvalue weighted by Gasteiger charge is -2.22. The predicted molar refractivity (Wildman–Crippen MR) is 73.7 cm³/mol. The molecule has 3 N–H and O–H groups in total. The van der Waals surface area contributed by atoms with Gasteiger partial charge in [0.05, 0.1) is 6.10 Å². The van der Waals surface area contributed by atoms with Crippen LogP contribution < -0.4 is 5.32 Å². The number of carbonyl (C=O) groups is 2. The van der Waals surface area contributed by atoms with E-state index in [0.29, 0.717) is 5.69 Å². The fourth-order valence-corrected chi connectivity index (χ4v) is 2.41. The SMILES string of the molecule is Cc1ccc(NC(=O)N2C[C@H](O)C[C@@H]2C(=O)O)c(C)c1. The Balaban J connectivity index is 2.13. The van der Waals surface area contributed by atoms with Crippen molar-refractivity contribution in [1.82, 2.24) is 4.90 Å². The van der Waals surface area contributed by atoms with E-state index in [-0.39, 0.29) is 13.0 Å². The second kappa shape index (κ2) is 5.50. The first-order chi connectivity index (χ1) is 9.38. The van der Waals surface area contributed by atoms with Crippen LogP contribution in [0.3, 0.4) is 0 Å². The third-order valence-corrected chi connectivity index (χ3v) is 3.45. The van der Waals surface area contributed by atoms with Gasteiger partial charge in [-0.15, -0.1) is 0 Å². The van der Waals surface area contributed by atoms with Gasteiger partial charge in [-0.25, -0.2) is 9.59 Å². The summed E-state index contributed by atoms with van der Waals surface area (Å²) in [6.45, 7) is 3.86. The minimum Gasteiger partial charge on any atom is -0.480 e. The van der Waals surface area contributed by atoms with Crippen LogP contribution in [0.25, 0.3) is 0 Å². The molecule has 6 heteroatoms. The van der Waals surface area contributed by atoms with Crippen molar-refractivity contribution < 1.29 is 19.8 Å². The second-order valence-electron chi connectivity index (χ2n) is 5.14. The molecule has 1 aromatic carbocycles. The van der Waals surface area contributed by atoms with Crippen LogP contribution in [-0.2, 0) is 4.79 Å². The van der Waals surface area contributed by atoms with Gasteiger partial charge in [-0.2, -0.15) is 0 Å². The average Bonchev–Trinajstić information content (AvgIpc) is 2.75. The Morgan fingerprint density at radius 2 is 2.05 bits per heavy atom. The molecule has 2 amide bonds. The number of urea groups is 1. The van der Waals surface area contributed by atoms with E-state index in [2.05, 4.69) is 5.32 Å². The summed E-state index contributed by atoms with van der Waals surface area (Å²) >= 11 is 0. The van der Waals surface area contributed by atoms with Crippen LogP contribution in [0, 0.1) is 13.8 Å². The molecule has 0 radical (unpaired) electrons. The quantitative estimate of drug-likeness (QED) is 0.762. The number of aliphatic hydroxyl groups is 1. The monoisotopic (exact) mass is 278 g/mol. The average molecular weight is 278 g/mol. The number of hydrogen-bond acceptors (Lipinski definition) is 3. The highest BCUT2D eigenvalue weighted by Crippen LogP contribution is 2.21. The van der Waals surface area contributed by atoms with Crippen molar-refractivity contribution >= 4 is 17.7 Å². The molecule has 0 unspecified atom stereocenters. The van der Waals surface area contributed by atoms with Gasteiger partial charge in [0.1, 0.15) is 6.04 Å². The largest absolute Gasteiger partial charge is 0.480 e. The molecule has 20 heavy (non-hydrogen) atoms. The predicted octanol–water partition coefficient (Wildman–Crippen LogP) is 1.36. The Hall–Kier alpha value is -2.08. The van der Waals surface area contributed by atoms with E-state index >= 15 is 0 Å². The van der Waals surface area contributed by atoms with E-state index in [9.17, 15) is 14.7 Å². The third-order valence-electron chi connectivity index (χ3n) is 3.45. The molecule has 6 nitrogen and oxygen atoms in total. The van der Waals surface area contributed by atoms with Crippen LogP contribution in [0.15, 0.2) is 18.2 Å². The number of hydrogen-bond donors (Lipinski definition) is 3. The van der Waals surface area contributed by atoms with Crippen LogP contribution in [0.4, 0.5) is 10.5 Å². The zero-order valence-corrected chi connectivity index (χ0v) is 11.5. The number of carbonyl (C=O) groups excluding carboxylic acids is 1. The number of aliphatic carboxylic acids is 1. The van der Waals surface area contributed by atoms with Crippen LogP contribution >= 0.6 is 0 Å². The highest BCUT2D eigenvalue weighted by molar-refractivity contribution is 5.93. The molecular weight excluding hydrogens is 260 g/mol. The number of carboxylic acid groups (broad SMARTS) is 1. The lowest BCUT2D eigenvalue weighted by Crippen LogP contribution is -2.43. The highest BCUT2D eigenvalue weighted by atomic mass is 16.4. The number of amides is 2. The zero-order valence-electron chi connectivity index (χ0n) is 11.5. The first-order valence-electron chi connectivity index (χ1n) is 6.44. The van der Waals surface area contributed by atoms with E-state index in [0.717, 1.165) is 16.0 Å². The Kier molecular flexibility index (Phi) is 3.94. The Bertz CT molecular complexity index is 544. The summed E-state index contributed by atoms with van der Waals surface area (Å²) in [7, 11) is 0. The second-order valence-corrected chi connectivity index (χ2v) is 5.14. The Morgan fingerprint density at radius 1 is 1.35 bits per heavy atom. The number of aliphatic hydroxyl groups excluding tert-OH is 1. The molecule has 2 atom stereocenters. The summed E-state index contributed by atoms with van der Waals surface area (Å²) in [6, 6.07) is 4.11. The molecule has 1 saturated heterocycles. The molecule has 0 saturated carbocycles. The van der Waals surface area contributed by atoms with Crippen LogP contribution in [-0.4, -0.2) is 45.8 Å². The van der Waals surface area contributed by atoms with Gasteiger partial charge < -0.3 is 20.4 Å². The molecule has 108 valence electrons. The summed E-state index contributed by atoms with van der Waals surface area (Å²) in [4.78, 5) is 24.4. The van der Waals surface area contributed by atoms with E-state index in [1.165, 1.54) is 0 Å².